The summed E-state index contributed by atoms with van der Waals surface area (Å²) in [7, 11) is 0. The van der Waals surface area contributed by atoms with Gasteiger partial charge in [0.25, 0.3) is 5.91 Å². The SMILES string of the molecule is O=C1CCCN1CCOc1cccc(C(=O)N2CCC[C@@H](Cc3cnc4ccccc4c3)CC2)c1. The zero-order chi connectivity index (χ0) is 24.0. The fourth-order valence-corrected chi connectivity index (χ4v) is 5.25. The maximum atomic E-state index is 13.2. The Hall–Kier alpha value is -3.41. The zero-order valence-electron chi connectivity index (χ0n) is 20.2. The van der Waals surface area contributed by atoms with Gasteiger partial charge in [-0.05, 0) is 73.9 Å². The molecule has 0 N–H and O–H groups in total. The van der Waals surface area contributed by atoms with Gasteiger partial charge in [-0.2, -0.15) is 0 Å². The van der Waals surface area contributed by atoms with Crippen molar-refractivity contribution in [3.05, 3.63) is 71.9 Å². The van der Waals surface area contributed by atoms with Crippen LogP contribution in [0.2, 0.25) is 0 Å². The standard InChI is InChI=1S/C29H33N3O3/c33-28-11-5-13-31(28)16-17-35-26-9-3-8-25(20-26)29(34)32-14-4-6-22(12-15-32)18-23-19-24-7-1-2-10-27(24)30-21-23/h1-3,7-10,19-22H,4-6,11-18H2/t22-/m1/s1. The van der Waals surface area contributed by atoms with Crippen LogP contribution < -0.4 is 4.74 Å². The molecule has 6 nitrogen and oxygen atoms in total. The molecule has 0 spiro atoms. The Balaban J connectivity index is 1.15. The van der Waals surface area contributed by atoms with Crippen molar-refractivity contribution in [2.24, 2.45) is 5.92 Å². The first-order valence-electron chi connectivity index (χ1n) is 12.8. The molecule has 2 fully saturated rings. The number of carbonyl (C=O) groups is 2. The average molecular weight is 472 g/mol. The quantitative estimate of drug-likeness (QED) is 0.500. The van der Waals surface area contributed by atoms with Crippen LogP contribution in [-0.4, -0.2) is 59.4 Å². The van der Waals surface area contributed by atoms with Crippen LogP contribution in [0.4, 0.5) is 0 Å². The van der Waals surface area contributed by atoms with Crippen molar-refractivity contribution < 1.29 is 14.3 Å². The van der Waals surface area contributed by atoms with Gasteiger partial charge in [0.05, 0.1) is 12.1 Å². The van der Waals surface area contributed by atoms with Crippen molar-refractivity contribution in [2.45, 2.75) is 38.5 Å². The minimum absolute atomic E-state index is 0.0678. The normalized spacial score (nSPS) is 18.6. The van der Waals surface area contributed by atoms with Gasteiger partial charge in [0, 0.05) is 43.2 Å². The second-order valence-corrected chi connectivity index (χ2v) is 9.69. The van der Waals surface area contributed by atoms with Gasteiger partial charge >= 0.3 is 0 Å². The molecular formula is C29H33N3O3. The number of hydrogen-bond donors (Lipinski definition) is 0. The third-order valence-electron chi connectivity index (χ3n) is 7.19. The molecule has 0 unspecified atom stereocenters. The maximum absolute atomic E-state index is 13.2. The van der Waals surface area contributed by atoms with E-state index in [9.17, 15) is 9.59 Å². The summed E-state index contributed by atoms with van der Waals surface area (Å²) >= 11 is 0. The molecule has 0 aliphatic carbocycles. The van der Waals surface area contributed by atoms with Gasteiger partial charge in [0.2, 0.25) is 5.91 Å². The van der Waals surface area contributed by atoms with Gasteiger partial charge in [0.15, 0.2) is 0 Å². The van der Waals surface area contributed by atoms with Gasteiger partial charge in [-0.3, -0.25) is 14.6 Å². The molecule has 2 aliphatic rings. The Bertz CT molecular complexity index is 1190. The molecule has 35 heavy (non-hydrogen) atoms. The van der Waals surface area contributed by atoms with E-state index in [1.54, 1.807) is 0 Å². The first-order chi connectivity index (χ1) is 17.2. The number of pyridine rings is 1. The predicted octanol–water partition coefficient (Wildman–Crippen LogP) is 4.72. The highest BCUT2D eigenvalue weighted by atomic mass is 16.5. The van der Waals surface area contributed by atoms with Gasteiger partial charge in [0.1, 0.15) is 12.4 Å². The summed E-state index contributed by atoms with van der Waals surface area (Å²) in [6.07, 6.45) is 7.70. The highest BCUT2D eigenvalue weighted by Crippen LogP contribution is 2.25. The summed E-state index contributed by atoms with van der Waals surface area (Å²) < 4.78 is 5.86. The van der Waals surface area contributed by atoms with Crippen molar-refractivity contribution in [1.82, 2.24) is 14.8 Å². The lowest BCUT2D eigenvalue weighted by atomic mass is 9.93. The number of aromatic nitrogens is 1. The van der Waals surface area contributed by atoms with Crippen LogP contribution >= 0.6 is 0 Å². The van der Waals surface area contributed by atoms with Crippen LogP contribution in [0.15, 0.2) is 60.8 Å². The zero-order valence-corrected chi connectivity index (χ0v) is 20.2. The first-order valence-corrected chi connectivity index (χ1v) is 12.8. The van der Waals surface area contributed by atoms with E-state index in [2.05, 4.69) is 23.2 Å². The number of hydrogen-bond acceptors (Lipinski definition) is 4. The lowest BCUT2D eigenvalue weighted by Gasteiger charge is -2.21. The van der Waals surface area contributed by atoms with Gasteiger partial charge in [-0.1, -0.05) is 24.3 Å². The summed E-state index contributed by atoms with van der Waals surface area (Å²) in [5, 5.41) is 1.18. The number of likely N-dealkylation sites (tertiary alicyclic amines) is 2. The van der Waals surface area contributed by atoms with E-state index < -0.39 is 0 Å². The molecule has 1 aromatic heterocycles. The molecule has 3 aromatic rings. The highest BCUT2D eigenvalue weighted by Gasteiger charge is 2.23. The van der Waals surface area contributed by atoms with E-state index in [1.807, 2.05) is 52.4 Å². The second-order valence-electron chi connectivity index (χ2n) is 9.69. The molecule has 1 atom stereocenters. The summed E-state index contributed by atoms with van der Waals surface area (Å²) in [6, 6.07) is 17.9. The smallest absolute Gasteiger partial charge is 0.253 e. The molecule has 5 rings (SSSR count). The summed E-state index contributed by atoms with van der Waals surface area (Å²) in [4.78, 5) is 33.5. The lowest BCUT2D eigenvalue weighted by molar-refractivity contribution is -0.128. The molecular weight excluding hydrogens is 438 g/mol. The van der Waals surface area contributed by atoms with E-state index in [4.69, 9.17) is 4.74 Å². The molecule has 0 saturated carbocycles. The largest absolute Gasteiger partial charge is 0.492 e. The fraction of sp³-hybridized carbons (Fsp3) is 0.414. The number of rotatable bonds is 7. The van der Waals surface area contributed by atoms with Crippen molar-refractivity contribution in [3.8, 4) is 5.75 Å². The highest BCUT2D eigenvalue weighted by molar-refractivity contribution is 5.94. The van der Waals surface area contributed by atoms with Gasteiger partial charge < -0.3 is 14.5 Å². The van der Waals surface area contributed by atoms with Crippen molar-refractivity contribution in [3.63, 3.8) is 0 Å². The molecule has 2 aliphatic heterocycles. The van der Waals surface area contributed by atoms with E-state index >= 15 is 0 Å². The number of benzene rings is 2. The molecule has 2 aromatic carbocycles. The third kappa shape index (κ3) is 5.81. The first kappa shape index (κ1) is 23.3. The van der Waals surface area contributed by atoms with Crippen LogP contribution in [-0.2, 0) is 11.2 Å². The van der Waals surface area contributed by atoms with Crippen LogP contribution in [0.25, 0.3) is 10.9 Å². The van der Waals surface area contributed by atoms with Crippen LogP contribution in [0.3, 0.4) is 0 Å². The summed E-state index contributed by atoms with van der Waals surface area (Å²) in [5.74, 6) is 1.50. The number of fused-ring (bicyclic) bond motifs is 1. The van der Waals surface area contributed by atoms with E-state index in [1.165, 1.54) is 10.9 Å². The minimum atomic E-state index is 0.0678. The van der Waals surface area contributed by atoms with Crippen molar-refractivity contribution in [2.75, 3.05) is 32.8 Å². The number of para-hydroxylation sites is 1. The van der Waals surface area contributed by atoms with E-state index in [0.29, 0.717) is 36.8 Å². The number of amides is 2. The van der Waals surface area contributed by atoms with Crippen LogP contribution in [0.1, 0.15) is 48.0 Å². The van der Waals surface area contributed by atoms with Crippen molar-refractivity contribution in [1.29, 1.82) is 0 Å². The molecule has 6 heteroatoms. The monoisotopic (exact) mass is 471 g/mol. The lowest BCUT2D eigenvalue weighted by Crippen LogP contribution is -2.32. The second kappa shape index (κ2) is 10.9. The van der Waals surface area contributed by atoms with E-state index in [0.717, 1.165) is 57.3 Å². The Morgan fingerprint density at radius 1 is 1.00 bits per heavy atom. The molecule has 0 radical (unpaired) electrons. The third-order valence-corrected chi connectivity index (χ3v) is 7.19. The maximum Gasteiger partial charge on any atom is 0.253 e. The Morgan fingerprint density at radius 2 is 1.91 bits per heavy atom. The number of carbonyl (C=O) groups excluding carboxylic acids is 2. The van der Waals surface area contributed by atoms with Gasteiger partial charge in [-0.25, -0.2) is 0 Å². The predicted molar refractivity (Wildman–Crippen MR) is 136 cm³/mol. The molecule has 2 amide bonds. The number of ether oxygens (including phenoxy) is 1. The minimum Gasteiger partial charge on any atom is -0.492 e. The fourth-order valence-electron chi connectivity index (χ4n) is 5.25. The molecule has 3 heterocycles. The van der Waals surface area contributed by atoms with E-state index in [-0.39, 0.29) is 11.8 Å². The van der Waals surface area contributed by atoms with Crippen molar-refractivity contribution >= 4 is 22.7 Å². The molecule has 2 saturated heterocycles. The average Bonchev–Trinajstić information content (AvgIpc) is 3.15. The Labute approximate surface area is 206 Å². The number of nitrogens with zero attached hydrogens (tertiary/aromatic N) is 3. The topological polar surface area (TPSA) is 62.7 Å². The van der Waals surface area contributed by atoms with Gasteiger partial charge in [-0.15, -0.1) is 0 Å². The molecule has 182 valence electrons. The summed E-state index contributed by atoms with van der Waals surface area (Å²) in [5.41, 5.74) is 2.97. The summed E-state index contributed by atoms with van der Waals surface area (Å²) in [6.45, 7) is 3.41. The van der Waals surface area contributed by atoms with Crippen LogP contribution in [0, 0.1) is 5.92 Å². The Morgan fingerprint density at radius 3 is 2.80 bits per heavy atom. The Kier molecular flexibility index (Phi) is 7.26. The molecule has 0 bridgehead atoms. The van der Waals surface area contributed by atoms with Crippen LogP contribution in [0.5, 0.6) is 5.75 Å².